The molecule has 0 aliphatic carbocycles. The zero-order valence-electron chi connectivity index (χ0n) is 15.0. The van der Waals surface area contributed by atoms with Crippen molar-refractivity contribution in [2.75, 3.05) is 18.5 Å². The van der Waals surface area contributed by atoms with Gasteiger partial charge in [-0.1, -0.05) is 5.16 Å². The number of hydrogen-bond acceptors (Lipinski definition) is 6. The molecule has 3 heterocycles. The quantitative estimate of drug-likeness (QED) is 0.638. The maximum absolute atomic E-state index is 12.2. The van der Waals surface area contributed by atoms with E-state index in [9.17, 15) is 9.59 Å². The van der Waals surface area contributed by atoms with Gasteiger partial charge in [-0.25, -0.2) is 0 Å². The molecule has 2 aromatic heterocycles. The first-order chi connectivity index (χ1) is 13.7. The van der Waals surface area contributed by atoms with Crippen LogP contribution in [0.2, 0.25) is 0 Å². The lowest BCUT2D eigenvalue weighted by Crippen LogP contribution is -2.28. The topological polar surface area (TPSA) is 106 Å². The van der Waals surface area contributed by atoms with Crippen molar-refractivity contribution in [2.24, 2.45) is 0 Å². The van der Waals surface area contributed by atoms with Gasteiger partial charge in [0.25, 0.3) is 5.91 Å². The van der Waals surface area contributed by atoms with Gasteiger partial charge in [-0.05, 0) is 42.3 Å². The molecule has 0 bridgehead atoms. The smallest absolute Gasteiger partial charge is 0.273 e. The first-order valence-electron chi connectivity index (χ1n) is 8.90. The molecule has 28 heavy (non-hydrogen) atoms. The van der Waals surface area contributed by atoms with E-state index in [1.165, 1.54) is 0 Å². The number of aryl methyl sites for hydroxylation is 1. The summed E-state index contributed by atoms with van der Waals surface area (Å²) in [5, 5.41) is 9.37. The Morgan fingerprint density at radius 3 is 3.04 bits per heavy atom. The highest BCUT2D eigenvalue weighted by atomic mass is 16.5. The van der Waals surface area contributed by atoms with Gasteiger partial charge in [-0.2, -0.15) is 0 Å². The van der Waals surface area contributed by atoms with Crippen molar-refractivity contribution in [3.05, 3.63) is 60.0 Å². The van der Waals surface area contributed by atoms with Crippen LogP contribution < -0.4 is 15.4 Å². The minimum atomic E-state index is -0.337. The van der Waals surface area contributed by atoms with E-state index < -0.39 is 0 Å². The fraction of sp³-hybridized carbons (Fsp3) is 0.200. The van der Waals surface area contributed by atoms with Crippen LogP contribution in [0.4, 0.5) is 5.69 Å². The highest BCUT2D eigenvalue weighted by Crippen LogP contribution is 2.26. The van der Waals surface area contributed by atoms with Gasteiger partial charge in [0.15, 0.2) is 11.5 Å². The molecule has 4 rings (SSSR count). The largest absolute Gasteiger partial charge is 0.492 e. The Hall–Kier alpha value is -3.68. The molecule has 0 fully saturated rings. The lowest BCUT2D eigenvalue weighted by atomic mass is 10.0. The van der Waals surface area contributed by atoms with Gasteiger partial charge in [0, 0.05) is 36.1 Å². The third kappa shape index (κ3) is 4.01. The van der Waals surface area contributed by atoms with Crippen LogP contribution in [0.1, 0.15) is 22.5 Å². The average molecular weight is 378 g/mol. The molecule has 1 aliphatic heterocycles. The first kappa shape index (κ1) is 17.7. The summed E-state index contributed by atoms with van der Waals surface area (Å²) in [6.07, 6.45) is 4.47. The normalized spacial score (nSPS) is 12.8. The highest BCUT2D eigenvalue weighted by Gasteiger charge is 2.15. The number of aromatic nitrogens is 2. The molecule has 8 heteroatoms. The third-order valence-electron chi connectivity index (χ3n) is 4.32. The number of amides is 2. The number of benzene rings is 1. The lowest BCUT2D eigenvalue weighted by Gasteiger charge is -2.17. The van der Waals surface area contributed by atoms with Crippen LogP contribution in [0, 0.1) is 0 Å². The highest BCUT2D eigenvalue weighted by molar-refractivity contribution is 5.94. The van der Waals surface area contributed by atoms with Crippen molar-refractivity contribution in [2.45, 2.75) is 12.8 Å². The summed E-state index contributed by atoms with van der Waals surface area (Å²) < 4.78 is 10.9. The Morgan fingerprint density at radius 1 is 1.25 bits per heavy atom. The number of pyridine rings is 1. The van der Waals surface area contributed by atoms with Gasteiger partial charge >= 0.3 is 0 Å². The summed E-state index contributed by atoms with van der Waals surface area (Å²) in [5.41, 5.74) is 2.82. The summed E-state index contributed by atoms with van der Waals surface area (Å²) in [4.78, 5) is 27.6. The zero-order valence-corrected chi connectivity index (χ0v) is 15.0. The number of nitrogens with zero attached hydrogens (tertiary/aromatic N) is 2. The molecular weight excluding hydrogens is 360 g/mol. The Balaban J connectivity index is 1.27. The fourth-order valence-electron chi connectivity index (χ4n) is 2.90. The average Bonchev–Trinajstić information content (AvgIpc) is 3.22. The van der Waals surface area contributed by atoms with Crippen molar-refractivity contribution in [1.29, 1.82) is 0 Å². The summed E-state index contributed by atoms with van der Waals surface area (Å²) in [7, 11) is 0. The number of fused-ring (bicyclic) bond motifs is 1. The predicted octanol–water partition coefficient (Wildman–Crippen LogP) is 2.43. The van der Waals surface area contributed by atoms with Crippen LogP contribution in [0.25, 0.3) is 11.3 Å². The molecule has 1 aliphatic rings. The summed E-state index contributed by atoms with van der Waals surface area (Å²) in [6.45, 7) is 0.631. The van der Waals surface area contributed by atoms with Crippen LogP contribution in [0.15, 0.2) is 53.3 Å². The van der Waals surface area contributed by atoms with Crippen molar-refractivity contribution in [1.82, 2.24) is 15.5 Å². The molecule has 0 saturated carbocycles. The Labute approximate surface area is 160 Å². The molecule has 2 amide bonds. The van der Waals surface area contributed by atoms with Crippen LogP contribution >= 0.6 is 0 Å². The fourth-order valence-corrected chi connectivity index (χ4v) is 2.90. The van der Waals surface area contributed by atoms with E-state index in [-0.39, 0.29) is 17.5 Å². The van der Waals surface area contributed by atoms with Crippen molar-refractivity contribution in [3.63, 3.8) is 0 Å². The maximum Gasteiger partial charge on any atom is 0.273 e. The predicted molar refractivity (Wildman–Crippen MR) is 101 cm³/mol. The minimum absolute atomic E-state index is 0.0309. The number of rotatable bonds is 6. The molecule has 0 saturated heterocycles. The van der Waals surface area contributed by atoms with Crippen molar-refractivity contribution in [3.8, 4) is 17.1 Å². The minimum Gasteiger partial charge on any atom is -0.492 e. The number of ether oxygens (including phenoxy) is 1. The molecule has 1 aromatic carbocycles. The number of hydrogen-bond donors (Lipinski definition) is 2. The van der Waals surface area contributed by atoms with Crippen molar-refractivity contribution < 1.29 is 18.8 Å². The molecule has 0 unspecified atom stereocenters. The molecule has 3 aromatic rings. The number of carbonyl (C=O) groups excluding carboxylic acids is 2. The van der Waals surface area contributed by atoms with E-state index in [4.69, 9.17) is 9.26 Å². The zero-order chi connectivity index (χ0) is 19.3. The Morgan fingerprint density at radius 2 is 2.18 bits per heavy atom. The molecular formula is C20H18N4O4. The lowest BCUT2D eigenvalue weighted by molar-refractivity contribution is -0.116. The number of anilines is 1. The molecule has 142 valence electrons. The maximum atomic E-state index is 12.2. The van der Waals surface area contributed by atoms with Gasteiger partial charge in [0.05, 0.1) is 6.54 Å². The summed E-state index contributed by atoms with van der Waals surface area (Å²) in [5.74, 6) is 0.874. The van der Waals surface area contributed by atoms with Gasteiger partial charge < -0.3 is 19.9 Å². The second-order valence-electron chi connectivity index (χ2n) is 6.29. The van der Waals surface area contributed by atoms with E-state index in [0.717, 1.165) is 16.8 Å². The SMILES string of the molecule is O=C1CCc2cc(OCCNC(=O)c3cc(-c4cccnc4)on3)ccc2N1. The van der Waals surface area contributed by atoms with Crippen LogP contribution in [0.3, 0.4) is 0 Å². The summed E-state index contributed by atoms with van der Waals surface area (Å²) >= 11 is 0. The van der Waals surface area contributed by atoms with Crippen LogP contribution in [-0.4, -0.2) is 35.1 Å². The number of carbonyl (C=O) groups is 2. The molecule has 2 N–H and O–H groups in total. The monoisotopic (exact) mass is 378 g/mol. The van der Waals surface area contributed by atoms with Crippen LogP contribution in [-0.2, 0) is 11.2 Å². The Bertz CT molecular complexity index is 1000. The standard InChI is InChI=1S/C20H18N4O4/c25-19-6-3-13-10-15(4-5-16(13)23-19)27-9-8-22-20(26)17-11-18(28-24-17)14-2-1-7-21-12-14/h1-2,4-5,7,10-12H,3,6,8-9H2,(H,22,26)(H,23,25). The molecule has 8 nitrogen and oxygen atoms in total. The second kappa shape index (κ2) is 7.91. The van der Waals surface area contributed by atoms with E-state index in [2.05, 4.69) is 20.8 Å². The first-order valence-corrected chi connectivity index (χ1v) is 8.90. The van der Waals surface area contributed by atoms with E-state index in [1.807, 2.05) is 18.2 Å². The summed E-state index contributed by atoms with van der Waals surface area (Å²) in [6, 6.07) is 10.7. The molecule has 0 spiro atoms. The molecule has 0 radical (unpaired) electrons. The van der Waals surface area contributed by atoms with Crippen LogP contribution in [0.5, 0.6) is 5.75 Å². The van der Waals surface area contributed by atoms with Gasteiger partial charge in [-0.15, -0.1) is 0 Å². The van der Waals surface area contributed by atoms with Gasteiger partial charge in [0.2, 0.25) is 5.91 Å². The molecule has 0 atom stereocenters. The Kier molecular flexibility index (Phi) is 5.01. The van der Waals surface area contributed by atoms with Gasteiger partial charge in [0.1, 0.15) is 12.4 Å². The van der Waals surface area contributed by atoms with E-state index in [1.54, 1.807) is 30.6 Å². The third-order valence-corrected chi connectivity index (χ3v) is 4.32. The van der Waals surface area contributed by atoms with E-state index in [0.29, 0.717) is 37.5 Å². The van der Waals surface area contributed by atoms with E-state index >= 15 is 0 Å². The number of nitrogens with one attached hydrogen (secondary N) is 2. The second-order valence-corrected chi connectivity index (χ2v) is 6.29. The van der Waals surface area contributed by atoms with Crippen molar-refractivity contribution >= 4 is 17.5 Å². The van der Waals surface area contributed by atoms with Gasteiger partial charge in [-0.3, -0.25) is 14.6 Å².